The Balaban J connectivity index is 2.32. The lowest BCUT2D eigenvalue weighted by Crippen LogP contribution is -2.80. The minimum absolute atomic E-state index is 0.0115. The molecule has 9 heteroatoms. The van der Waals surface area contributed by atoms with Crippen molar-refractivity contribution in [3.63, 3.8) is 0 Å². The number of nitrogens with two attached hydrogens (primary N) is 2. The predicted molar refractivity (Wildman–Crippen MR) is 84.9 cm³/mol. The van der Waals surface area contributed by atoms with Crippen molar-refractivity contribution in [3.8, 4) is 23.5 Å². The summed E-state index contributed by atoms with van der Waals surface area (Å²) in [5, 5.41) is 17.4. The van der Waals surface area contributed by atoms with Crippen molar-refractivity contribution in [2.75, 3.05) is 0 Å². The highest BCUT2D eigenvalue weighted by Gasteiger charge is 2.15. The molecule has 0 atom stereocenters. The Hall–Kier alpha value is -3.56. The zero-order valence-corrected chi connectivity index (χ0v) is 13.0. The molecule has 1 heterocycles. The maximum absolute atomic E-state index is 11.9. The zero-order valence-electron chi connectivity index (χ0n) is 12.2. The number of guanidine groups is 1. The first-order valence-corrected chi connectivity index (χ1v) is 7.97. The van der Waals surface area contributed by atoms with E-state index in [2.05, 4.69) is 0 Å². The minimum atomic E-state index is -3.83. The van der Waals surface area contributed by atoms with Crippen LogP contribution >= 0.6 is 0 Å². The third-order valence-corrected chi connectivity index (χ3v) is 4.25. The van der Waals surface area contributed by atoms with Crippen LogP contribution in [0.2, 0.25) is 0 Å². The Bertz CT molecular complexity index is 983. The van der Waals surface area contributed by atoms with Gasteiger partial charge in [0.2, 0.25) is 0 Å². The van der Waals surface area contributed by atoms with Crippen LogP contribution in [-0.2, 0) is 10.0 Å². The Morgan fingerprint density at radius 1 is 1.08 bits per heavy atom. The van der Waals surface area contributed by atoms with Crippen LogP contribution < -0.4 is 15.9 Å². The second-order valence-corrected chi connectivity index (χ2v) is 6.25. The molecule has 0 aliphatic carbocycles. The average molecular weight is 342 g/mol. The molecular weight excluding hydrogens is 330 g/mol. The minimum Gasteiger partial charge on any atom is -0.457 e. The summed E-state index contributed by atoms with van der Waals surface area (Å²) in [6.45, 7) is 0. The van der Waals surface area contributed by atoms with E-state index in [0.29, 0.717) is 17.1 Å². The Labute approximate surface area is 138 Å². The normalized spacial score (nSPS) is 10.2. The highest BCUT2D eigenvalue weighted by atomic mass is 32.2. The molecule has 2 rings (SSSR count). The van der Waals surface area contributed by atoms with Gasteiger partial charge in [0.05, 0.1) is 0 Å². The maximum atomic E-state index is 11.9. The predicted octanol–water partition coefficient (Wildman–Crippen LogP) is -0.580. The van der Waals surface area contributed by atoms with Gasteiger partial charge in [0, 0.05) is 11.6 Å². The third-order valence-electron chi connectivity index (χ3n) is 2.86. The van der Waals surface area contributed by atoms with Gasteiger partial charge in [-0.1, -0.05) is 0 Å². The number of benzene rings is 1. The fourth-order valence-electron chi connectivity index (χ4n) is 1.83. The summed E-state index contributed by atoms with van der Waals surface area (Å²) in [4.78, 5) is -0.0115. The Morgan fingerprint density at radius 3 is 2.25 bits per heavy atom. The van der Waals surface area contributed by atoms with Crippen molar-refractivity contribution < 1.29 is 17.2 Å². The molecule has 0 bridgehead atoms. The molecule has 0 aliphatic rings. The second kappa shape index (κ2) is 6.69. The maximum Gasteiger partial charge on any atom is 0.353 e. The van der Waals surface area contributed by atoms with Crippen LogP contribution in [0.1, 0.15) is 5.76 Å². The zero-order chi connectivity index (χ0) is 17.7. The van der Waals surface area contributed by atoms with E-state index in [4.69, 9.17) is 26.4 Å². The Kier molecular flexibility index (Phi) is 4.68. The molecular formula is C15H12N5O3S+. The van der Waals surface area contributed by atoms with Crippen molar-refractivity contribution in [3.05, 3.63) is 47.7 Å². The summed E-state index contributed by atoms with van der Waals surface area (Å²) in [7, 11) is -3.83. The Morgan fingerprint density at radius 2 is 1.71 bits per heavy atom. The molecule has 120 valence electrons. The van der Waals surface area contributed by atoms with Gasteiger partial charge in [0.25, 0.3) is 0 Å². The average Bonchev–Trinajstić information content (AvgIpc) is 3.00. The van der Waals surface area contributed by atoms with Crippen LogP contribution in [0, 0.1) is 22.7 Å². The molecule has 0 radical (unpaired) electrons. The molecule has 5 N–H and O–H groups in total. The standard InChI is InChI=1S/C15H11N5O3S/c16-8-10(9-17)7-12-3-6-14(23-12)11-1-4-13(5-2-11)24(21,22)20-15(18)19/h1-7H,(H4,18,19,20)/p+1. The third kappa shape index (κ3) is 3.80. The van der Waals surface area contributed by atoms with E-state index in [1.165, 1.54) is 18.2 Å². The second-order valence-electron chi connectivity index (χ2n) is 4.57. The highest BCUT2D eigenvalue weighted by Crippen LogP contribution is 2.24. The number of rotatable bonds is 4. The fraction of sp³-hybridized carbons (Fsp3) is 0. The summed E-state index contributed by atoms with van der Waals surface area (Å²) in [6, 6.07) is 12.5. The SMILES string of the molecule is N#CC(C#N)=Cc1ccc(-c2ccc(S(=O)(=O)[NH+]=C(N)N)cc2)o1. The lowest BCUT2D eigenvalue weighted by atomic mass is 10.2. The fourth-order valence-corrected chi connectivity index (χ4v) is 2.75. The summed E-state index contributed by atoms with van der Waals surface area (Å²) in [5.41, 5.74) is 10.8. The number of furan rings is 1. The van der Waals surface area contributed by atoms with Gasteiger partial charge in [-0.3, -0.25) is 11.5 Å². The monoisotopic (exact) mass is 342 g/mol. The van der Waals surface area contributed by atoms with Crippen molar-refractivity contribution >= 4 is 22.1 Å². The number of allylic oxidation sites excluding steroid dienone is 1. The van der Waals surface area contributed by atoms with E-state index >= 15 is 0 Å². The van der Waals surface area contributed by atoms with E-state index in [0.717, 1.165) is 0 Å². The summed E-state index contributed by atoms with van der Waals surface area (Å²) in [6.07, 6.45) is 1.31. The van der Waals surface area contributed by atoms with Crippen LogP contribution in [0.5, 0.6) is 0 Å². The van der Waals surface area contributed by atoms with E-state index in [1.54, 1.807) is 36.4 Å². The highest BCUT2D eigenvalue weighted by molar-refractivity contribution is 7.84. The van der Waals surface area contributed by atoms with Crippen LogP contribution in [0.15, 0.2) is 51.3 Å². The van der Waals surface area contributed by atoms with Gasteiger partial charge >= 0.3 is 16.0 Å². The lowest BCUT2D eigenvalue weighted by Gasteiger charge is -2.00. The van der Waals surface area contributed by atoms with Crippen LogP contribution in [0.4, 0.5) is 0 Å². The van der Waals surface area contributed by atoms with Crippen molar-refractivity contribution in [2.45, 2.75) is 4.90 Å². The van der Waals surface area contributed by atoms with Crippen molar-refractivity contribution in [1.82, 2.24) is 0 Å². The van der Waals surface area contributed by atoms with Crippen molar-refractivity contribution in [1.29, 1.82) is 10.5 Å². The first kappa shape index (κ1) is 16.8. The van der Waals surface area contributed by atoms with Gasteiger partial charge in [-0.05, 0) is 36.4 Å². The van der Waals surface area contributed by atoms with Gasteiger partial charge in [0.1, 0.15) is 34.1 Å². The van der Waals surface area contributed by atoms with Crippen LogP contribution in [0.25, 0.3) is 17.4 Å². The molecule has 1 aromatic carbocycles. The van der Waals surface area contributed by atoms with Crippen LogP contribution in [0.3, 0.4) is 0 Å². The van der Waals surface area contributed by atoms with Gasteiger partial charge in [-0.2, -0.15) is 23.3 Å². The van der Waals surface area contributed by atoms with Gasteiger partial charge in [-0.25, -0.2) is 0 Å². The molecule has 24 heavy (non-hydrogen) atoms. The van der Waals surface area contributed by atoms with E-state index < -0.39 is 16.0 Å². The number of nitrogens with one attached hydrogen (secondary N) is 1. The van der Waals surface area contributed by atoms with Gasteiger partial charge in [0.15, 0.2) is 0 Å². The van der Waals surface area contributed by atoms with E-state index in [9.17, 15) is 8.42 Å². The molecule has 8 nitrogen and oxygen atoms in total. The van der Waals surface area contributed by atoms with Crippen molar-refractivity contribution in [2.24, 2.45) is 11.5 Å². The molecule has 0 fully saturated rings. The first-order valence-electron chi connectivity index (χ1n) is 6.48. The molecule has 0 unspecified atom stereocenters. The summed E-state index contributed by atoms with van der Waals surface area (Å²) < 4.78 is 31.3. The summed E-state index contributed by atoms with van der Waals surface area (Å²) >= 11 is 0. The quantitative estimate of drug-likeness (QED) is 0.380. The van der Waals surface area contributed by atoms with Gasteiger partial charge in [-0.15, -0.1) is 0 Å². The van der Waals surface area contributed by atoms with Crippen LogP contribution in [-0.4, -0.2) is 14.4 Å². The molecule has 1 aromatic heterocycles. The molecule has 0 saturated carbocycles. The number of nitriles is 2. The number of hydrogen-bond donors (Lipinski definition) is 3. The number of hydrogen-bond acceptors (Lipinski definition) is 5. The smallest absolute Gasteiger partial charge is 0.353 e. The lowest BCUT2D eigenvalue weighted by molar-refractivity contribution is -0.270. The molecule has 0 amide bonds. The topological polar surface area (TPSA) is 161 Å². The summed E-state index contributed by atoms with van der Waals surface area (Å²) in [5.74, 6) is 0.373. The number of nitrogens with zero attached hydrogens (tertiary/aromatic N) is 2. The number of sulfonamides is 1. The molecule has 0 aliphatic heterocycles. The first-order chi connectivity index (χ1) is 11.4. The largest absolute Gasteiger partial charge is 0.457 e. The van der Waals surface area contributed by atoms with Gasteiger partial charge < -0.3 is 4.42 Å². The van der Waals surface area contributed by atoms with E-state index in [1.807, 2.05) is 4.40 Å². The molecule has 0 spiro atoms. The molecule has 2 aromatic rings. The molecule has 0 saturated heterocycles. The van der Waals surface area contributed by atoms with E-state index in [-0.39, 0.29) is 10.5 Å².